The van der Waals surface area contributed by atoms with Gasteiger partial charge in [-0.1, -0.05) is 17.7 Å². The molecule has 0 aliphatic carbocycles. The number of anilines is 1. The Labute approximate surface area is 220 Å². The van der Waals surface area contributed by atoms with Crippen LogP contribution in [0.25, 0.3) is 0 Å². The quantitative estimate of drug-likeness (QED) is 0.590. The number of aliphatic hydroxyl groups excluding tert-OH is 1. The number of piperidine rings is 1. The number of rotatable bonds is 7. The lowest BCUT2D eigenvalue weighted by Gasteiger charge is -2.39. The van der Waals surface area contributed by atoms with Crippen LogP contribution in [0.1, 0.15) is 31.2 Å². The third-order valence-corrected chi connectivity index (χ3v) is 10.3. The molecule has 202 valence electrons. The number of piperazine rings is 1. The zero-order valence-corrected chi connectivity index (χ0v) is 22.7. The summed E-state index contributed by atoms with van der Waals surface area (Å²) in [7, 11) is -2.01. The van der Waals surface area contributed by atoms with Crippen molar-refractivity contribution in [2.24, 2.45) is 5.41 Å². The van der Waals surface area contributed by atoms with Crippen LogP contribution in [0.3, 0.4) is 0 Å². The minimum atomic E-state index is -3.57. The first kappa shape index (κ1) is 26.4. The number of aliphatic hydroxyl groups is 1. The van der Waals surface area contributed by atoms with Gasteiger partial charge in [0.15, 0.2) is 6.29 Å². The van der Waals surface area contributed by atoms with Gasteiger partial charge in [-0.15, -0.1) is 0 Å². The average Bonchev–Trinajstić information content (AvgIpc) is 3.22. The molecular formula is C28H39N3O5S. The average molecular weight is 530 g/mol. The zero-order chi connectivity index (χ0) is 26.0. The smallest absolute Gasteiger partial charge is 0.243 e. The van der Waals surface area contributed by atoms with Crippen LogP contribution in [-0.2, 0) is 14.8 Å². The summed E-state index contributed by atoms with van der Waals surface area (Å²) in [6, 6.07) is 15.2. The van der Waals surface area contributed by atoms with Gasteiger partial charge in [0.2, 0.25) is 10.0 Å². The molecule has 3 heterocycles. The molecule has 3 saturated heterocycles. The van der Waals surface area contributed by atoms with Crippen molar-refractivity contribution in [1.82, 2.24) is 9.21 Å². The van der Waals surface area contributed by atoms with Gasteiger partial charge in [0.1, 0.15) is 5.75 Å². The van der Waals surface area contributed by atoms with E-state index in [0.29, 0.717) is 31.7 Å². The van der Waals surface area contributed by atoms with E-state index < -0.39 is 16.3 Å². The summed E-state index contributed by atoms with van der Waals surface area (Å²) in [6.45, 7) is 7.91. The summed E-state index contributed by atoms with van der Waals surface area (Å²) in [6.07, 6.45) is 2.06. The van der Waals surface area contributed by atoms with Crippen molar-refractivity contribution < 1.29 is 23.0 Å². The molecule has 2 aromatic carbocycles. The van der Waals surface area contributed by atoms with Crippen molar-refractivity contribution in [1.29, 1.82) is 0 Å². The van der Waals surface area contributed by atoms with Crippen LogP contribution in [0.5, 0.6) is 5.75 Å². The van der Waals surface area contributed by atoms with E-state index in [4.69, 9.17) is 9.47 Å². The number of aryl methyl sites for hydroxylation is 1. The Kier molecular flexibility index (Phi) is 7.79. The van der Waals surface area contributed by atoms with Crippen LogP contribution in [0, 0.1) is 12.3 Å². The van der Waals surface area contributed by atoms with Crippen molar-refractivity contribution in [2.75, 3.05) is 57.8 Å². The van der Waals surface area contributed by atoms with Gasteiger partial charge in [0.25, 0.3) is 0 Å². The SMILES string of the molecule is COc1ccc(S(=O)(=O)N2CCC3(CC2)CC(CCN2CCN(c4ccc(C)cc4)CC2)OC3O)cc1. The van der Waals surface area contributed by atoms with E-state index in [1.807, 2.05) is 0 Å². The number of benzene rings is 2. The van der Waals surface area contributed by atoms with E-state index in [1.54, 1.807) is 31.4 Å². The van der Waals surface area contributed by atoms with Crippen LogP contribution in [0.15, 0.2) is 53.4 Å². The van der Waals surface area contributed by atoms with E-state index in [2.05, 4.69) is 41.0 Å². The van der Waals surface area contributed by atoms with Crippen molar-refractivity contribution in [3.8, 4) is 5.75 Å². The summed E-state index contributed by atoms with van der Waals surface area (Å²) in [5, 5.41) is 10.8. The Morgan fingerprint density at radius 2 is 1.62 bits per heavy atom. The Bertz CT molecular complexity index is 1140. The summed E-state index contributed by atoms with van der Waals surface area (Å²) in [5.41, 5.74) is 2.21. The van der Waals surface area contributed by atoms with E-state index in [1.165, 1.54) is 15.6 Å². The van der Waals surface area contributed by atoms with Crippen LogP contribution in [0.4, 0.5) is 5.69 Å². The van der Waals surface area contributed by atoms with Gasteiger partial charge in [-0.3, -0.25) is 4.90 Å². The van der Waals surface area contributed by atoms with Crippen molar-refractivity contribution in [3.05, 3.63) is 54.1 Å². The maximum absolute atomic E-state index is 13.1. The third-order valence-electron chi connectivity index (χ3n) is 8.43. The van der Waals surface area contributed by atoms with Gasteiger partial charge in [0, 0.05) is 56.9 Å². The Balaban J connectivity index is 1.10. The molecular weight excluding hydrogens is 490 g/mol. The minimum Gasteiger partial charge on any atom is -0.497 e. The highest BCUT2D eigenvalue weighted by atomic mass is 32.2. The molecule has 37 heavy (non-hydrogen) atoms. The first-order valence-corrected chi connectivity index (χ1v) is 14.7. The van der Waals surface area contributed by atoms with Crippen LogP contribution >= 0.6 is 0 Å². The molecule has 3 aliphatic heterocycles. The molecule has 3 fully saturated rings. The van der Waals surface area contributed by atoms with Gasteiger partial charge in [-0.25, -0.2) is 8.42 Å². The molecule has 9 heteroatoms. The second-order valence-corrected chi connectivity index (χ2v) is 12.6. The molecule has 2 aromatic rings. The van der Waals surface area contributed by atoms with Crippen LogP contribution in [-0.4, -0.2) is 88.0 Å². The Morgan fingerprint density at radius 1 is 0.973 bits per heavy atom. The number of methoxy groups -OCH3 is 1. The highest BCUT2D eigenvalue weighted by Crippen LogP contribution is 2.47. The monoisotopic (exact) mass is 529 g/mol. The molecule has 1 N–H and O–H groups in total. The molecule has 2 unspecified atom stereocenters. The fraction of sp³-hybridized carbons (Fsp3) is 0.571. The van der Waals surface area contributed by atoms with Crippen LogP contribution < -0.4 is 9.64 Å². The number of ether oxygens (including phenoxy) is 2. The Hall–Kier alpha value is -2.17. The number of hydrogen-bond acceptors (Lipinski definition) is 7. The molecule has 0 amide bonds. The van der Waals surface area contributed by atoms with Crippen molar-refractivity contribution in [3.63, 3.8) is 0 Å². The molecule has 0 bridgehead atoms. The number of sulfonamides is 1. The van der Waals surface area contributed by atoms with Gasteiger partial charge >= 0.3 is 0 Å². The van der Waals surface area contributed by atoms with E-state index in [0.717, 1.165) is 45.6 Å². The van der Waals surface area contributed by atoms with E-state index in [9.17, 15) is 13.5 Å². The predicted octanol–water partition coefficient (Wildman–Crippen LogP) is 3.09. The van der Waals surface area contributed by atoms with Crippen molar-refractivity contribution in [2.45, 2.75) is 49.9 Å². The standard InChI is InChI=1S/C28H39N3O5S/c1-22-3-5-23(6-4-22)30-19-17-29(18-20-30)14-11-25-21-28(27(32)36-25)12-15-31(16-13-28)37(33,34)26-9-7-24(35-2)8-10-26/h3-10,25,27,32H,11-21H2,1-2H3. The van der Waals surface area contributed by atoms with Crippen molar-refractivity contribution >= 4 is 15.7 Å². The summed E-state index contributed by atoms with van der Waals surface area (Å²) >= 11 is 0. The molecule has 2 atom stereocenters. The second kappa shape index (κ2) is 10.9. The molecule has 1 spiro atoms. The number of hydrogen-bond donors (Lipinski definition) is 1. The van der Waals surface area contributed by atoms with E-state index >= 15 is 0 Å². The van der Waals surface area contributed by atoms with Crippen LogP contribution in [0.2, 0.25) is 0 Å². The first-order chi connectivity index (χ1) is 17.8. The van der Waals surface area contributed by atoms with Gasteiger partial charge in [-0.2, -0.15) is 4.31 Å². The maximum Gasteiger partial charge on any atom is 0.243 e. The Morgan fingerprint density at radius 3 is 2.24 bits per heavy atom. The van der Waals surface area contributed by atoms with E-state index in [-0.39, 0.29) is 16.4 Å². The summed E-state index contributed by atoms with van der Waals surface area (Å²) in [4.78, 5) is 5.19. The topological polar surface area (TPSA) is 82.6 Å². The summed E-state index contributed by atoms with van der Waals surface area (Å²) in [5.74, 6) is 0.627. The maximum atomic E-state index is 13.1. The molecule has 3 aliphatic rings. The van der Waals surface area contributed by atoms with Gasteiger partial charge in [0.05, 0.1) is 18.1 Å². The zero-order valence-electron chi connectivity index (χ0n) is 21.9. The fourth-order valence-corrected chi connectivity index (χ4v) is 7.37. The highest BCUT2D eigenvalue weighted by Gasteiger charge is 2.50. The number of nitrogens with zero attached hydrogens (tertiary/aromatic N) is 3. The molecule has 0 radical (unpaired) electrons. The molecule has 8 nitrogen and oxygen atoms in total. The third kappa shape index (κ3) is 5.66. The van der Waals surface area contributed by atoms with Gasteiger partial charge in [-0.05, 0) is 69.0 Å². The largest absolute Gasteiger partial charge is 0.497 e. The molecule has 0 aromatic heterocycles. The lowest BCUT2D eigenvalue weighted by molar-refractivity contribution is -0.146. The first-order valence-electron chi connectivity index (χ1n) is 13.3. The minimum absolute atomic E-state index is 0.00914. The molecule has 5 rings (SSSR count). The lowest BCUT2D eigenvalue weighted by atomic mass is 9.75. The molecule has 0 saturated carbocycles. The second-order valence-electron chi connectivity index (χ2n) is 10.7. The highest BCUT2D eigenvalue weighted by molar-refractivity contribution is 7.89. The summed E-state index contributed by atoms with van der Waals surface area (Å²) < 4.78 is 38.9. The predicted molar refractivity (Wildman–Crippen MR) is 143 cm³/mol. The van der Waals surface area contributed by atoms with Gasteiger partial charge < -0.3 is 19.5 Å². The fourth-order valence-electron chi connectivity index (χ4n) is 5.93. The normalized spacial score (nSPS) is 25.0. The lowest BCUT2D eigenvalue weighted by Crippen LogP contribution is -2.47.